The van der Waals surface area contributed by atoms with Gasteiger partial charge in [0.05, 0.1) is 12.6 Å². The van der Waals surface area contributed by atoms with Crippen LogP contribution in [0.2, 0.25) is 0 Å². The number of carbonyl (C=O) groups excluding carboxylic acids is 1. The smallest absolute Gasteiger partial charge is 0.234 e. The van der Waals surface area contributed by atoms with Crippen LogP contribution in [0.25, 0.3) is 0 Å². The predicted molar refractivity (Wildman–Crippen MR) is 70.6 cm³/mol. The first kappa shape index (κ1) is 12.9. The molecule has 4 heteroatoms. The largest absolute Gasteiger partial charge is 0.491 e. The molecule has 2 atom stereocenters. The quantitative estimate of drug-likeness (QED) is 0.832. The topological polar surface area (TPSA) is 50.4 Å². The summed E-state index contributed by atoms with van der Waals surface area (Å²) in [5.74, 6) is 0.887. The number of hydrogen-bond acceptors (Lipinski definition) is 3. The molecular formula is C14H20N2O2. The van der Waals surface area contributed by atoms with Gasteiger partial charge in [0.25, 0.3) is 0 Å². The number of fused-ring (bicyclic) bond motifs is 1. The molecule has 1 aromatic carbocycles. The highest BCUT2D eigenvalue weighted by Gasteiger charge is 2.24. The summed E-state index contributed by atoms with van der Waals surface area (Å²) >= 11 is 0. The van der Waals surface area contributed by atoms with Crippen molar-refractivity contribution < 1.29 is 9.53 Å². The van der Waals surface area contributed by atoms with E-state index in [1.165, 1.54) is 0 Å². The number of para-hydroxylation sites is 1. The fourth-order valence-corrected chi connectivity index (χ4v) is 1.94. The molecule has 1 aliphatic heterocycles. The van der Waals surface area contributed by atoms with Gasteiger partial charge in [-0.3, -0.25) is 4.79 Å². The molecule has 4 nitrogen and oxygen atoms in total. The summed E-state index contributed by atoms with van der Waals surface area (Å²) in [6.07, 6.45) is 1.02. The molecule has 0 saturated carbocycles. The Morgan fingerprint density at radius 2 is 2.28 bits per heavy atom. The number of amides is 1. The maximum Gasteiger partial charge on any atom is 0.234 e. The molecule has 0 radical (unpaired) electrons. The Balaban J connectivity index is 1.86. The average molecular weight is 248 g/mol. The number of hydrogen-bond donors (Lipinski definition) is 2. The van der Waals surface area contributed by atoms with Gasteiger partial charge < -0.3 is 15.4 Å². The minimum atomic E-state index is -0.0209. The minimum Gasteiger partial charge on any atom is -0.491 e. The SMILES string of the molecule is CCC(C)NCC(=O)NC1COc2ccccc21. The van der Waals surface area contributed by atoms with E-state index in [0.29, 0.717) is 19.2 Å². The van der Waals surface area contributed by atoms with E-state index < -0.39 is 0 Å². The van der Waals surface area contributed by atoms with Crippen LogP contribution in [0.15, 0.2) is 24.3 Å². The molecule has 2 N–H and O–H groups in total. The highest BCUT2D eigenvalue weighted by Crippen LogP contribution is 2.31. The molecule has 1 aromatic rings. The molecule has 0 bridgehead atoms. The summed E-state index contributed by atoms with van der Waals surface area (Å²) in [4.78, 5) is 11.8. The molecule has 2 rings (SSSR count). The van der Waals surface area contributed by atoms with Crippen molar-refractivity contribution in [1.82, 2.24) is 10.6 Å². The standard InChI is InChI=1S/C14H20N2O2/c1-3-10(2)15-8-14(17)16-12-9-18-13-7-5-4-6-11(12)13/h4-7,10,12,15H,3,8-9H2,1-2H3,(H,16,17). The third-order valence-electron chi connectivity index (χ3n) is 3.26. The van der Waals surface area contributed by atoms with Crippen LogP contribution in [-0.4, -0.2) is 25.1 Å². The Kier molecular flexibility index (Phi) is 4.20. The molecular weight excluding hydrogens is 228 g/mol. The lowest BCUT2D eigenvalue weighted by Gasteiger charge is -2.14. The van der Waals surface area contributed by atoms with E-state index >= 15 is 0 Å². The fraction of sp³-hybridized carbons (Fsp3) is 0.500. The van der Waals surface area contributed by atoms with Crippen LogP contribution in [0.3, 0.4) is 0 Å². The molecule has 1 amide bonds. The Hall–Kier alpha value is -1.55. The van der Waals surface area contributed by atoms with Gasteiger partial charge in [-0.05, 0) is 19.4 Å². The molecule has 18 heavy (non-hydrogen) atoms. The van der Waals surface area contributed by atoms with E-state index in [0.717, 1.165) is 17.7 Å². The molecule has 1 aliphatic rings. The average Bonchev–Trinajstić information content (AvgIpc) is 2.79. The highest BCUT2D eigenvalue weighted by molar-refractivity contribution is 5.78. The van der Waals surface area contributed by atoms with Crippen molar-refractivity contribution in [2.75, 3.05) is 13.2 Å². The van der Waals surface area contributed by atoms with Crippen molar-refractivity contribution in [2.45, 2.75) is 32.4 Å². The van der Waals surface area contributed by atoms with E-state index in [-0.39, 0.29) is 11.9 Å². The van der Waals surface area contributed by atoms with Gasteiger partial charge in [-0.2, -0.15) is 0 Å². The molecule has 1 heterocycles. The predicted octanol–water partition coefficient (Wildman–Crippen LogP) is 1.62. The van der Waals surface area contributed by atoms with E-state index in [2.05, 4.69) is 24.5 Å². The van der Waals surface area contributed by atoms with Crippen LogP contribution in [0.1, 0.15) is 31.9 Å². The summed E-state index contributed by atoms with van der Waals surface area (Å²) in [7, 11) is 0. The van der Waals surface area contributed by atoms with Gasteiger partial charge in [0.1, 0.15) is 12.4 Å². The molecule has 98 valence electrons. The van der Waals surface area contributed by atoms with Crippen LogP contribution in [0.4, 0.5) is 0 Å². The first-order valence-electron chi connectivity index (χ1n) is 6.45. The van der Waals surface area contributed by atoms with Gasteiger partial charge in [0.2, 0.25) is 5.91 Å². The highest BCUT2D eigenvalue weighted by atomic mass is 16.5. The summed E-state index contributed by atoms with van der Waals surface area (Å²) in [5.41, 5.74) is 1.06. The summed E-state index contributed by atoms with van der Waals surface area (Å²) in [5, 5.41) is 6.17. The number of nitrogens with one attached hydrogen (secondary N) is 2. The second-order valence-corrected chi connectivity index (χ2v) is 4.66. The lowest BCUT2D eigenvalue weighted by atomic mass is 10.1. The summed E-state index contributed by atoms with van der Waals surface area (Å²) < 4.78 is 5.52. The van der Waals surface area contributed by atoms with Crippen molar-refractivity contribution in [3.8, 4) is 5.75 Å². The van der Waals surface area contributed by atoms with Crippen molar-refractivity contribution in [3.05, 3.63) is 29.8 Å². The van der Waals surface area contributed by atoms with Gasteiger partial charge in [-0.15, -0.1) is 0 Å². The Labute approximate surface area is 108 Å². The molecule has 0 spiro atoms. The van der Waals surface area contributed by atoms with E-state index in [1.807, 2.05) is 24.3 Å². The lowest BCUT2D eigenvalue weighted by Crippen LogP contribution is -2.39. The van der Waals surface area contributed by atoms with Crippen LogP contribution in [0, 0.1) is 0 Å². The maximum atomic E-state index is 11.8. The normalized spacial score (nSPS) is 18.9. The van der Waals surface area contributed by atoms with Crippen LogP contribution >= 0.6 is 0 Å². The van der Waals surface area contributed by atoms with Crippen LogP contribution < -0.4 is 15.4 Å². The molecule has 0 saturated heterocycles. The zero-order valence-electron chi connectivity index (χ0n) is 10.9. The zero-order chi connectivity index (χ0) is 13.0. The first-order chi connectivity index (χ1) is 8.70. The van der Waals surface area contributed by atoms with Crippen molar-refractivity contribution >= 4 is 5.91 Å². The zero-order valence-corrected chi connectivity index (χ0v) is 10.9. The lowest BCUT2D eigenvalue weighted by molar-refractivity contribution is -0.121. The monoisotopic (exact) mass is 248 g/mol. The Bertz CT molecular complexity index is 420. The number of benzene rings is 1. The first-order valence-corrected chi connectivity index (χ1v) is 6.45. The number of carbonyl (C=O) groups is 1. The van der Waals surface area contributed by atoms with E-state index in [9.17, 15) is 4.79 Å². The molecule has 0 fully saturated rings. The van der Waals surface area contributed by atoms with Crippen molar-refractivity contribution in [1.29, 1.82) is 0 Å². The van der Waals surface area contributed by atoms with Crippen LogP contribution in [-0.2, 0) is 4.79 Å². The summed E-state index contributed by atoms with van der Waals surface area (Å²) in [6.45, 7) is 5.04. The van der Waals surface area contributed by atoms with Crippen molar-refractivity contribution in [2.24, 2.45) is 0 Å². The Morgan fingerprint density at radius 3 is 3.06 bits per heavy atom. The number of ether oxygens (including phenoxy) is 1. The van der Waals surface area contributed by atoms with Gasteiger partial charge in [0.15, 0.2) is 0 Å². The van der Waals surface area contributed by atoms with Gasteiger partial charge in [-0.1, -0.05) is 25.1 Å². The molecule has 0 aliphatic carbocycles. The maximum absolute atomic E-state index is 11.8. The third-order valence-corrected chi connectivity index (χ3v) is 3.26. The molecule has 2 unspecified atom stereocenters. The van der Waals surface area contributed by atoms with Gasteiger partial charge in [-0.25, -0.2) is 0 Å². The van der Waals surface area contributed by atoms with E-state index in [1.54, 1.807) is 0 Å². The second-order valence-electron chi connectivity index (χ2n) is 4.66. The second kappa shape index (κ2) is 5.87. The van der Waals surface area contributed by atoms with Crippen molar-refractivity contribution in [3.63, 3.8) is 0 Å². The third kappa shape index (κ3) is 3.01. The molecule has 0 aromatic heterocycles. The summed E-state index contributed by atoms with van der Waals surface area (Å²) in [6, 6.07) is 8.17. The van der Waals surface area contributed by atoms with E-state index in [4.69, 9.17) is 4.74 Å². The number of rotatable bonds is 5. The fourth-order valence-electron chi connectivity index (χ4n) is 1.94. The van der Waals surface area contributed by atoms with Gasteiger partial charge in [0, 0.05) is 11.6 Å². The minimum absolute atomic E-state index is 0.0144. The Morgan fingerprint density at radius 1 is 1.50 bits per heavy atom. The van der Waals surface area contributed by atoms with Gasteiger partial charge >= 0.3 is 0 Å². The van der Waals surface area contributed by atoms with Crippen LogP contribution in [0.5, 0.6) is 5.75 Å².